The summed E-state index contributed by atoms with van der Waals surface area (Å²) in [7, 11) is 0. The first-order chi connectivity index (χ1) is 7.11. The van der Waals surface area contributed by atoms with Crippen LogP contribution in [0.4, 0.5) is 0 Å². The Bertz CT molecular complexity index is 315. The summed E-state index contributed by atoms with van der Waals surface area (Å²) in [5.74, 6) is 2.12. The molecule has 0 aromatic carbocycles. The van der Waals surface area contributed by atoms with Crippen molar-refractivity contribution in [1.82, 2.24) is 5.32 Å². The summed E-state index contributed by atoms with van der Waals surface area (Å²) in [6, 6.07) is 0.447. The quantitative estimate of drug-likeness (QED) is 0.800. The highest BCUT2D eigenvalue weighted by Gasteiger charge is 2.18. The van der Waals surface area contributed by atoms with Crippen LogP contribution < -0.4 is 5.32 Å². The van der Waals surface area contributed by atoms with Gasteiger partial charge in [-0.1, -0.05) is 13.8 Å². The fourth-order valence-corrected chi connectivity index (χ4v) is 2.09. The average Bonchev–Trinajstić information content (AvgIpc) is 2.45. The molecule has 1 heterocycles. The molecule has 0 spiro atoms. The van der Waals surface area contributed by atoms with E-state index in [2.05, 4.69) is 33.0 Å². The number of aryl methyl sites for hydroxylation is 2. The molecule has 0 bridgehead atoms. The van der Waals surface area contributed by atoms with E-state index in [0.717, 1.165) is 24.5 Å². The highest BCUT2D eigenvalue weighted by molar-refractivity contribution is 5.34. The monoisotopic (exact) mass is 209 g/mol. The number of rotatable bonds is 5. The highest BCUT2D eigenvalue weighted by atomic mass is 16.3. The second-order valence-corrected chi connectivity index (χ2v) is 4.17. The van der Waals surface area contributed by atoms with Gasteiger partial charge in [0.2, 0.25) is 0 Å². The maximum Gasteiger partial charge on any atom is 0.106 e. The van der Waals surface area contributed by atoms with Gasteiger partial charge in [-0.2, -0.15) is 0 Å². The van der Waals surface area contributed by atoms with Crippen molar-refractivity contribution in [3.05, 3.63) is 22.6 Å². The Balaban J connectivity index is 2.90. The van der Waals surface area contributed by atoms with Gasteiger partial charge in [0.1, 0.15) is 11.5 Å². The molecule has 0 fully saturated rings. The molecule has 0 saturated heterocycles. The molecule has 2 nitrogen and oxygen atoms in total. The zero-order valence-electron chi connectivity index (χ0n) is 10.6. The summed E-state index contributed by atoms with van der Waals surface area (Å²) in [5.41, 5.74) is 2.67. The molecule has 0 aliphatic rings. The third-order valence-electron chi connectivity index (χ3n) is 3.02. The van der Waals surface area contributed by atoms with Crippen molar-refractivity contribution in [2.75, 3.05) is 6.54 Å². The molecule has 1 aromatic rings. The van der Waals surface area contributed by atoms with E-state index < -0.39 is 0 Å². The Kier molecular flexibility index (Phi) is 4.40. The molecule has 1 atom stereocenters. The van der Waals surface area contributed by atoms with Gasteiger partial charge < -0.3 is 9.73 Å². The minimum atomic E-state index is 0.447. The zero-order valence-corrected chi connectivity index (χ0v) is 10.6. The van der Waals surface area contributed by atoms with Gasteiger partial charge in [-0.05, 0) is 45.7 Å². The highest BCUT2D eigenvalue weighted by Crippen LogP contribution is 2.28. The lowest BCUT2D eigenvalue weighted by molar-refractivity contribution is 0.476. The van der Waals surface area contributed by atoms with Gasteiger partial charge in [0.25, 0.3) is 0 Å². The molecule has 0 aliphatic carbocycles. The van der Waals surface area contributed by atoms with Gasteiger partial charge in [-0.25, -0.2) is 0 Å². The van der Waals surface area contributed by atoms with Crippen molar-refractivity contribution >= 4 is 0 Å². The molecule has 15 heavy (non-hydrogen) atoms. The maximum atomic E-state index is 5.67. The van der Waals surface area contributed by atoms with E-state index in [1.807, 2.05) is 6.92 Å². The smallest absolute Gasteiger partial charge is 0.106 e. The van der Waals surface area contributed by atoms with E-state index in [9.17, 15) is 0 Å². The van der Waals surface area contributed by atoms with Gasteiger partial charge >= 0.3 is 0 Å². The van der Waals surface area contributed by atoms with Crippen LogP contribution in [0.5, 0.6) is 0 Å². The zero-order chi connectivity index (χ0) is 11.4. The van der Waals surface area contributed by atoms with E-state index in [4.69, 9.17) is 4.42 Å². The van der Waals surface area contributed by atoms with Crippen molar-refractivity contribution in [3.8, 4) is 0 Å². The molecule has 0 amide bonds. The molecule has 1 rings (SSSR count). The first kappa shape index (κ1) is 12.3. The third-order valence-corrected chi connectivity index (χ3v) is 3.02. The second kappa shape index (κ2) is 5.36. The average molecular weight is 209 g/mol. The van der Waals surface area contributed by atoms with Gasteiger partial charge in [-0.15, -0.1) is 0 Å². The van der Waals surface area contributed by atoms with Crippen LogP contribution in [0.25, 0.3) is 0 Å². The van der Waals surface area contributed by atoms with E-state index in [0.29, 0.717) is 6.04 Å². The fourth-order valence-electron chi connectivity index (χ4n) is 2.09. The molecule has 0 saturated carbocycles. The van der Waals surface area contributed by atoms with Crippen LogP contribution >= 0.6 is 0 Å². The molecule has 1 aromatic heterocycles. The van der Waals surface area contributed by atoms with Crippen molar-refractivity contribution in [3.63, 3.8) is 0 Å². The van der Waals surface area contributed by atoms with Crippen LogP contribution in [0.15, 0.2) is 4.42 Å². The number of hydrogen-bond acceptors (Lipinski definition) is 2. The summed E-state index contributed by atoms with van der Waals surface area (Å²) in [4.78, 5) is 0. The van der Waals surface area contributed by atoms with E-state index in [1.54, 1.807) is 0 Å². The third kappa shape index (κ3) is 2.63. The summed E-state index contributed by atoms with van der Waals surface area (Å²) in [6.45, 7) is 11.7. The predicted molar refractivity (Wildman–Crippen MR) is 64.2 cm³/mol. The Labute approximate surface area is 93.1 Å². The van der Waals surface area contributed by atoms with E-state index in [-0.39, 0.29) is 0 Å². The van der Waals surface area contributed by atoms with Gasteiger partial charge in [0.05, 0.1) is 0 Å². The lowest BCUT2D eigenvalue weighted by atomic mass is 10.00. The first-order valence-corrected chi connectivity index (χ1v) is 5.91. The largest absolute Gasteiger partial charge is 0.466 e. The van der Waals surface area contributed by atoms with Crippen LogP contribution in [0.1, 0.15) is 55.4 Å². The SMILES string of the molecule is CCCNC(CC)c1c(C)oc(C)c1C. The number of nitrogens with one attached hydrogen (secondary N) is 1. The molecular weight excluding hydrogens is 186 g/mol. The predicted octanol–water partition coefficient (Wildman–Crippen LogP) is 3.66. The number of furan rings is 1. The lowest BCUT2D eigenvalue weighted by Gasteiger charge is -2.17. The molecule has 0 aliphatic heterocycles. The van der Waals surface area contributed by atoms with Crippen molar-refractivity contribution in [2.24, 2.45) is 0 Å². The van der Waals surface area contributed by atoms with Crippen molar-refractivity contribution in [2.45, 2.75) is 53.5 Å². The van der Waals surface area contributed by atoms with Crippen LogP contribution in [0, 0.1) is 20.8 Å². The minimum absolute atomic E-state index is 0.447. The van der Waals surface area contributed by atoms with Gasteiger partial charge in [-0.3, -0.25) is 0 Å². The molecule has 2 heteroatoms. The van der Waals surface area contributed by atoms with Crippen LogP contribution in [-0.2, 0) is 0 Å². The second-order valence-electron chi connectivity index (χ2n) is 4.17. The molecule has 1 unspecified atom stereocenters. The Hall–Kier alpha value is -0.760. The van der Waals surface area contributed by atoms with E-state index >= 15 is 0 Å². The summed E-state index contributed by atoms with van der Waals surface area (Å²) >= 11 is 0. The number of hydrogen-bond donors (Lipinski definition) is 1. The Morgan fingerprint density at radius 3 is 2.20 bits per heavy atom. The van der Waals surface area contributed by atoms with Crippen molar-refractivity contribution in [1.29, 1.82) is 0 Å². The molecular formula is C13H23NO. The molecule has 1 N–H and O–H groups in total. The van der Waals surface area contributed by atoms with Crippen molar-refractivity contribution < 1.29 is 4.42 Å². The summed E-state index contributed by atoms with van der Waals surface area (Å²) in [6.07, 6.45) is 2.28. The fraction of sp³-hybridized carbons (Fsp3) is 0.692. The molecule has 0 radical (unpaired) electrons. The summed E-state index contributed by atoms with van der Waals surface area (Å²) in [5, 5.41) is 3.57. The lowest BCUT2D eigenvalue weighted by Crippen LogP contribution is -2.22. The van der Waals surface area contributed by atoms with E-state index in [1.165, 1.54) is 17.5 Å². The first-order valence-electron chi connectivity index (χ1n) is 5.91. The van der Waals surface area contributed by atoms with Gasteiger partial charge in [0.15, 0.2) is 0 Å². The minimum Gasteiger partial charge on any atom is -0.466 e. The Morgan fingerprint density at radius 1 is 1.13 bits per heavy atom. The standard InChI is InChI=1S/C13H23NO/c1-6-8-14-12(7-2)13-9(3)10(4)15-11(13)5/h12,14H,6-8H2,1-5H3. The maximum absolute atomic E-state index is 5.67. The van der Waals surface area contributed by atoms with Crippen LogP contribution in [-0.4, -0.2) is 6.54 Å². The van der Waals surface area contributed by atoms with Crippen LogP contribution in [0.2, 0.25) is 0 Å². The molecule has 86 valence electrons. The Morgan fingerprint density at radius 2 is 1.80 bits per heavy atom. The summed E-state index contributed by atoms with van der Waals surface area (Å²) < 4.78 is 5.67. The normalized spacial score (nSPS) is 13.1. The topological polar surface area (TPSA) is 25.2 Å². The van der Waals surface area contributed by atoms with Gasteiger partial charge in [0, 0.05) is 11.6 Å². The van der Waals surface area contributed by atoms with Crippen LogP contribution in [0.3, 0.4) is 0 Å².